The van der Waals surface area contributed by atoms with Crippen LogP contribution in [0.25, 0.3) is 11.2 Å². The van der Waals surface area contributed by atoms with Crippen LogP contribution in [0.15, 0.2) is 30.7 Å². The number of nitrogens with zero attached hydrogens (tertiary/aromatic N) is 5. The first-order valence-electron chi connectivity index (χ1n) is 7.79. The highest BCUT2D eigenvalue weighted by molar-refractivity contribution is 5.92. The number of likely N-dealkylation sites (tertiary alicyclic amines) is 1. The van der Waals surface area contributed by atoms with Crippen LogP contribution >= 0.6 is 0 Å². The zero-order valence-electron chi connectivity index (χ0n) is 12.9. The number of carbonyl (C=O) groups is 1. The van der Waals surface area contributed by atoms with Crippen molar-refractivity contribution >= 4 is 17.1 Å². The Hall–Kier alpha value is -2.70. The van der Waals surface area contributed by atoms with E-state index >= 15 is 0 Å². The van der Waals surface area contributed by atoms with Crippen LogP contribution in [0, 0.1) is 0 Å². The second-order valence-electron chi connectivity index (χ2n) is 5.96. The molecule has 0 spiro atoms. The highest BCUT2D eigenvalue weighted by Gasteiger charge is 2.26. The Labute approximate surface area is 133 Å². The van der Waals surface area contributed by atoms with Gasteiger partial charge in [0.15, 0.2) is 5.65 Å². The van der Waals surface area contributed by atoms with Crippen LogP contribution in [0.4, 0.5) is 0 Å². The van der Waals surface area contributed by atoms with Gasteiger partial charge in [0.1, 0.15) is 11.2 Å². The number of carbonyl (C=O) groups excluding carboxylic acids is 1. The van der Waals surface area contributed by atoms with Crippen molar-refractivity contribution in [1.29, 1.82) is 0 Å². The zero-order chi connectivity index (χ0) is 15.8. The summed E-state index contributed by atoms with van der Waals surface area (Å²) in [6.45, 7) is 1.49. The molecule has 7 nitrogen and oxygen atoms in total. The molecule has 1 aliphatic heterocycles. The van der Waals surface area contributed by atoms with Crippen molar-refractivity contribution in [2.45, 2.75) is 18.8 Å². The maximum absolute atomic E-state index is 12.4. The topological polar surface area (TPSA) is 79.7 Å². The maximum Gasteiger partial charge on any atom is 0.274 e. The van der Waals surface area contributed by atoms with E-state index in [-0.39, 0.29) is 5.91 Å². The molecule has 118 valence electrons. The number of H-pyrrole nitrogens is 1. The molecule has 0 aromatic carbocycles. The number of rotatable bonds is 2. The number of piperidine rings is 1. The van der Waals surface area contributed by atoms with Crippen molar-refractivity contribution in [3.63, 3.8) is 0 Å². The average molecular weight is 310 g/mol. The van der Waals surface area contributed by atoms with Gasteiger partial charge in [0, 0.05) is 50.3 Å². The van der Waals surface area contributed by atoms with E-state index in [2.05, 4.69) is 26.1 Å². The van der Waals surface area contributed by atoms with Crippen LogP contribution in [0.2, 0.25) is 0 Å². The van der Waals surface area contributed by atoms with Crippen LogP contribution in [-0.2, 0) is 7.05 Å². The quantitative estimate of drug-likeness (QED) is 0.781. The Bertz CT molecular complexity index is 810. The maximum atomic E-state index is 12.4. The van der Waals surface area contributed by atoms with Gasteiger partial charge in [-0.05, 0) is 25.0 Å². The van der Waals surface area contributed by atoms with Crippen molar-refractivity contribution in [1.82, 2.24) is 29.6 Å². The number of aryl methyl sites for hydroxylation is 1. The van der Waals surface area contributed by atoms with Gasteiger partial charge in [-0.3, -0.25) is 14.5 Å². The summed E-state index contributed by atoms with van der Waals surface area (Å²) in [7, 11) is 1.82. The highest BCUT2D eigenvalue weighted by Crippen LogP contribution is 2.29. The molecule has 3 aromatic heterocycles. The molecule has 0 saturated carbocycles. The lowest BCUT2D eigenvalue weighted by molar-refractivity contribution is 0.0705. The van der Waals surface area contributed by atoms with Crippen LogP contribution in [-0.4, -0.2) is 48.6 Å². The van der Waals surface area contributed by atoms with Gasteiger partial charge in [-0.2, -0.15) is 5.10 Å². The molecule has 4 rings (SSSR count). The molecular weight excluding hydrogens is 292 g/mol. The van der Waals surface area contributed by atoms with E-state index in [1.807, 2.05) is 11.9 Å². The normalized spacial score (nSPS) is 16.1. The van der Waals surface area contributed by atoms with Crippen molar-refractivity contribution in [3.8, 4) is 0 Å². The third-order valence-corrected chi connectivity index (χ3v) is 4.44. The van der Waals surface area contributed by atoms with E-state index in [0.29, 0.717) is 11.6 Å². The highest BCUT2D eigenvalue weighted by atomic mass is 16.2. The van der Waals surface area contributed by atoms with Gasteiger partial charge in [-0.25, -0.2) is 4.98 Å². The Morgan fingerprint density at radius 1 is 1.26 bits per heavy atom. The van der Waals surface area contributed by atoms with E-state index in [0.717, 1.165) is 42.8 Å². The van der Waals surface area contributed by atoms with E-state index < -0.39 is 0 Å². The number of aromatic amines is 1. The van der Waals surface area contributed by atoms with Gasteiger partial charge >= 0.3 is 0 Å². The average Bonchev–Trinajstić information content (AvgIpc) is 3.20. The second-order valence-corrected chi connectivity index (χ2v) is 5.96. The van der Waals surface area contributed by atoms with Gasteiger partial charge in [0.05, 0.1) is 0 Å². The predicted octanol–water partition coefficient (Wildman–Crippen LogP) is 1.71. The van der Waals surface area contributed by atoms with Gasteiger partial charge < -0.3 is 9.88 Å². The fourth-order valence-electron chi connectivity index (χ4n) is 3.18. The molecule has 7 heteroatoms. The molecule has 0 atom stereocenters. The SMILES string of the molecule is Cn1ccc(C(=O)N2CCC(c3cc4nccnc4[nH]3)CC2)n1. The Balaban J connectivity index is 1.45. The molecule has 0 radical (unpaired) electrons. The summed E-state index contributed by atoms with van der Waals surface area (Å²) in [5.74, 6) is 0.433. The summed E-state index contributed by atoms with van der Waals surface area (Å²) in [4.78, 5) is 26.3. The minimum Gasteiger partial charge on any atom is -0.342 e. The molecular formula is C16H18N6O. The second kappa shape index (κ2) is 5.49. The van der Waals surface area contributed by atoms with Gasteiger partial charge in [-0.1, -0.05) is 0 Å². The summed E-state index contributed by atoms with van der Waals surface area (Å²) in [6, 6.07) is 3.84. The first-order chi connectivity index (χ1) is 11.2. The molecule has 23 heavy (non-hydrogen) atoms. The zero-order valence-corrected chi connectivity index (χ0v) is 12.9. The van der Waals surface area contributed by atoms with Crippen molar-refractivity contribution in [2.24, 2.45) is 7.05 Å². The fraction of sp³-hybridized carbons (Fsp3) is 0.375. The molecule has 1 N–H and O–H groups in total. The minimum atomic E-state index is 0.0176. The molecule has 4 heterocycles. The third-order valence-electron chi connectivity index (χ3n) is 4.44. The number of amides is 1. The smallest absolute Gasteiger partial charge is 0.274 e. The van der Waals surface area contributed by atoms with E-state index in [4.69, 9.17) is 0 Å². The number of aromatic nitrogens is 5. The number of fused-ring (bicyclic) bond motifs is 1. The molecule has 1 aliphatic rings. The van der Waals surface area contributed by atoms with Gasteiger partial charge in [0.25, 0.3) is 5.91 Å². The van der Waals surface area contributed by atoms with Crippen LogP contribution in [0.5, 0.6) is 0 Å². The Morgan fingerprint density at radius 2 is 2.04 bits per heavy atom. The lowest BCUT2D eigenvalue weighted by Crippen LogP contribution is -2.38. The summed E-state index contributed by atoms with van der Waals surface area (Å²) >= 11 is 0. The molecule has 0 unspecified atom stereocenters. The first-order valence-corrected chi connectivity index (χ1v) is 7.79. The monoisotopic (exact) mass is 310 g/mol. The Morgan fingerprint density at radius 3 is 2.74 bits per heavy atom. The van der Waals surface area contributed by atoms with Crippen molar-refractivity contribution in [3.05, 3.63) is 42.1 Å². The molecule has 3 aromatic rings. The van der Waals surface area contributed by atoms with E-state index in [1.54, 1.807) is 29.3 Å². The molecule has 0 bridgehead atoms. The van der Waals surface area contributed by atoms with Gasteiger partial charge in [0.2, 0.25) is 0 Å². The lowest BCUT2D eigenvalue weighted by Gasteiger charge is -2.31. The number of hydrogen-bond acceptors (Lipinski definition) is 4. The predicted molar refractivity (Wildman–Crippen MR) is 85.0 cm³/mol. The standard InChI is InChI=1S/C16H18N6O/c1-21-7-4-12(20-21)16(23)22-8-2-11(3-9-22)13-10-14-15(19-13)18-6-5-17-14/h4-7,10-11H,2-3,8-9H2,1H3,(H,18,19). The number of hydrogen-bond donors (Lipinski definition) is 1. The minimum absolute atomic E-state index is 0.0176. The van der Waals surface area contributed by atoms with Crippen molar-refractivity contribution < 1.29 is 4.79 Å². The van der Waals surface area contributed by atoms with Gasteiger partial charge in [-0.15, -0.1) is 0 Å². The van der Waals surface area contributed by atoms with Crippen molar-refractivity contribution in [2.75, 3.05) is 13.1 Å². The fourth-order valence-corrected chi connectivity index (χ4v) is 3.18. The van der Waals surface area contributed by atoms with Crippen LogP contribution in [0.1, 0.15) is 34.9 Å². The third kappa shape index (κ3) is 2.58. The molecule has 1 saturated heterocycles. The van der Waals surface area contributed by atoms with E-state index in [1.165, 1.54) is 0 Å². The lowest BCUT2D eigenvalue weighted by atomic mass is 9.93. The molecule has 1 fully saturated rings. The number of nitrogens with one attached hydrogen (secondary N) is 1. The molecule has 0 aliphatic carbocycles. The summed E-state index contributed by atoms with van der Waals surface area (Å²) in [5.41, 5.74) is 3.41. The van der Waals surface area contributed by atoms with Crippen LogP contribution in [0.3, 0.4) is 0 Å². The summed E-state index contributed by atoms with van der Waals surface area (Å²) in [6.07, 6.45) is 7.06. The summed E-state index contributed by atoms with van der Waals surface area (Å²) < 4.78 is 1.66. The summed E-state index contributed by atoms with van der Waals surface area (Å²) in [5, 5.41) is 4.19. The van der Waals surface area contributed by atoms with Crippen LogP contribution < -0.4 is 0 Å². The van der Waals surface area contributed by atoms with E-state index in [9.17, 15) is 4.79 Å². The largest absolute Gasteiger partial charge is 0.342 e. The Kier molecular flexibility index (Phi) is 3.33. The molecule has 1 amide bonds. The first kappa shape index (κ1) is 13.9.